The SMILES string of the molecule is C/C=C/C1C(C=O)=C(c2ccccc2F)ON1Cc1ccc(O)cc1. The van der Waals surface area contributed by atoms with Gasteiger partial charge in [-0.3, -0.25) is 4.79 Å². The van der Waals surface area contributed by atoms with Gasteiger partial charge in [-0.05, 0) is 36.8 Å². The van der Waals surface area contributed by atoms with Crippen molar-refractivity contribution in [2.75, 3.05) is 0 Å². The van der Waals surface area contributed by atoms with Gasteiger partial charge in [0, 0.05) is 0 Å². The average Bonchev–Trinajstić information content (AvgIpc) is 2.95. The van der Waals surface area contributed by atoms with Crippen molar-refractivity contribution in [2.24, 2.45) is 0 Å². The van der Waals surface area contributed by atoms with E-state index in [2.05, 4.69) is 0 Å². The van der Waals surface area contributed by atoms with E-state index in [1.54, 1.807) is 47.5 Å². The predicted octanol–water partition coefficient (Wildman–Crippen LogP) is 3.83. The Kier molecular flexibility index (Phi) is 4.95. The first-order valence-corrected chi connectivity index (χ1v) is 7.93. The maximum atomic E-state index is 14.2. The van der Waals surface area contributed by atoms with Gasteiger partial charge >= 0.3 is 0 Å². The van der Waals surface area contributed by atoms with E-state index in [0.29, 0.717) is 18.4 Å². The number of carbonyl (C=O) groups is 1. The summed E-state index contributed by atoms with van der Waals surface area (Å²) in [5, 5.41) is 11.0. The van der Waals surface area contributed by atoms with Gasteiger partial charge in [0.15, 0.2) is 12.0 Å². The van der Waals surface area contributed by atoms with E-state index >= 15 is 0 Å². The highest BCUT2D eigenvalue weighted by molar-refractivity contribution is 5.89. The molecule has 2 aromatic carbocycles. The van der Waals surface area contributed by atoms with Crippen molar-refractivity contribution in [1.29, 1.82) is 0 Å². The molecule has 0 radical (unpaired) electrons. The predicted molar refractivity (Wildman–Crippen MR) is 92.7 cm³/mol. The Hall–Kier alpha value is -2.92. The molecule has 0 amide bonds. The standard InChI is InChI=1S/C20H18FNO3/c1-2-5-19-17(13-23)20(16-6-3-4-7-18(16)21)25-22(19)12-14-8-10-15(24)11-9-14/h2-11,13,19,24H,12H2,1H3/b5-2+. The molecule has 1 heterocycles. The zero-order valence-corrected chi connectivity index (χ0v) is 13.7. The Balaban J connectivity index is 1.96. The molecule has 0 saturated carbocycles. The average molecular weight is 339 g/mol. The smallest absolute Gasteiger partial charge is 0.166 e. The molecule has 0 fully saturated rings. The molecule has 1 N–H and O–H groups in total. The first-order valence-electron chi connectivity index (χ1n) is 7.93. The molecule has 5 heteroatoms. The third-order valence-corrected chi connectivity index (χ3v) is 3.99. The molecule has 0 spiro atoms. The first-order chi connectivity index (χ1) is 12.1. The van der Waals surface area contributed by atoms with Crippen LogP contribution in [0.5, 0.6) is 5.75 Å². The Morgan fingerprint density at radius 2 is 1.92 bits per heavy atom. The quantitative estimate of drug-likeness (QED) is 0.664. The number of benzene rings is 2. The Morgan fingerprint density at radius 3 is 2.56 bits per heavy atom. The fourth-order valence-electron chi connectivity index (χ4n) is 2.78. The molecule has 0 bridgehead atoms. The van der Waals surface area contributed by atoms with Gasteiger partial charge in [0.2, 0.25) is 0 Å². The molecule has 3 rings (SSSR count). The maximum Gasteiger partial charge on any atom is 0.166 e. The van der Waals surface area contributed by atoms with Crippen molar-refractivity contribution in [1.82, 2.24) is 5.06 Å². The van der Waals surface area contributed by atoms with Gasteiger partial charge in [-0.2, -0.15) is 0 Å². The maximum absolute atomic E-state index is 14.2. The van der Waals surface area contributed by atoms with Crippen LogP contribution in [0.3, 0.4) is 0 Å². The van der Waals surface area contributed by atoms with Crippen LogP contribution in [0, 0.1) is 5.82 Å². The third-order valence-electron chi connectivity index (χ3n) is 3.99. The molecule has 1 atom stereocenters. The molecule has 1 unspecified atom stereocenters. The lowest BCUT2D eigenvalue weighted by atomic mass is 10.0. The van der Waals surface area contributed by atoms with Crippen LogP contribution in [0.1, 0.15) is 18.1 Å². The van der Waals surface area contributed by atoms with Gasteiger partial charge in [-0.1, -0.05) is 36.4 Å². The zero-order valence-electron chi connectivity index (χ0n) is 13.7. The lowest BCUT2D eigenvalue weighted by Gasteiger charge is -2.21. The molecule has 2 aromatic rings. The number of hydrogen-bond donors (Lipinski definition) is 1. The van der Waals surface area contributed by atoms with Crippen molar-refractivity contribution in [3.63, 3.8) is 0 Å². The van der Waals surface area contributed by atoms with Crippen LogP contribution >= 0.6 is 0 Å². The Morgan fingerprint density at radius 1 is 1.20 bits per heavy atom. The van der Waals surface area contributed by atoms with Crippen molar-refractivity contribution >= 4 is 12.0 Å². The van der Waals surface area contributed by atoms with E-state index in [4.69, 9.17) is 4.84 Å². The number of halogens is 1. The van der Waals surface area contributed by atoms with Crippen LogP contribution in [0.15, 0.2) is 66.3 Å². The minimum Gasteiger partial charge on any atom is -0.508 e. The molecule has 0 aromatic heterocycles. The molecular weight excluding hydrogens is 321 g/mol. The van der Waals surface area contributed by atoms with Crippen LogP contribution in [-0.2, 0) is 16.2 Å². The number of phenolic OH excluding ortho intramolecular Hbond substituents is 1. The highest BCUT2D eigenvalue weighted by atomic mass is 19.1. The summed E-state index contributed by atoms with van der Waals surface area (Å²) in [4.78, 5) is 17.5. The van der Waals surface area contributed by atoms with Crippen LogP contribution < -0.4 is 0 Å². The minimum absolute atomic E-state index is 0.176. The number of hydrogen-bond acceptors (Lipinski definition) is 4. The Labute approximate surface area is 145 Å². The van der Waals surface area contributed by atoms with E-state index in [1.165, 1.54) is 6.07 Å². The highest BCUT2D eigenvalue weighted by Crippen LogP contribution is 2.35. The van der Waals surface area contributed by atoms with E-state index in [-0.39, 0.29) is 17.1 Å². The number of nitrogens with zero attached hydrogens (tertiary/aromatic N) is 1. The lowest BCUT2D eigenvalue weighted by molar-refractivity contribution is -0.107. The summed E-state index contributed by atoms with van der Waals surface area (Å²) in [7, 11) is 0. The van der Waals surface area contributed by atoms with Crippen molar-refractivity contribution in [3.8, 4) is 5.75 Å². The van der Waals surface area contributed by atoms with Gasteiger partial charge < -0.3 is 9.94 Å². The van der Waals surface area contributed by atoms with E-state index in [1.807, 2.05) is 19.1 Å². The molecule has 0 saturated heterocycles. The molecule has 128 valence electrons. The molecular formula is C20H18FNO3. The molecule has 25 heavy (non-hydrogen) atoms. The molecule has 1 aliphatic rings. The lowest BCUT2D eigenvalue weighted by Crippen LogP contribution is -2.29. The van der Waals surface area contributed by atoms with Gasteiger partial charge in [-0.25, -0.2) is 4.39 Å². The van der Waals surface area contributed by atoms with Gasteiger partial charge in [0.05, 0.1) is 23.7 Å². The van der Waals surface area contributed by atoms with Crippen LogP contribution in [0.4, 0.5) is 4.39 Å². The number of aldehydes is 1. The number of carbonyl (C=O) groups excluding carboxylic acids is 1. The second-order valence-corrected chi connectivity index (χ2v) is 5.69. The topological polar surface area (TPSA) is 49.8 Å². The molecule has 4 nitrogen and oxygen atoms in total. The monoisotopic (exact) mass is 339 g/mol. The van der Waals surface area contributed by atoms with E-state index in [9.17, 15) is 14.3 Å². The molecule has 0 aliphatic carbocycles. The normalized spacial score (nSPS) is 17.9. The van der Waals surface area contributed by atoms with Gasteiger partial charge in [0.1, 0.15) is 11.6 Å². The highest BCUT2D eigenvalue weighted by Gasteiger charge is 2.35. The van der Waals surface area contributed by atoms with Crippen LogP contribution in [0.2, 0.25) is 0 Å². The first kappa shape index (κ1) is 16.9. The third kappa shape index (κ3) is 3.46. The largest absolute Gasteiger partial charge is 0.508 e. The van der Waals surface area contributed by atoms with Gasteiger partial charge in [-0.15, -0.1) is 5.06 Å². The fraction of sp³-hybridized carbons (Fsp3) is 0.150. The second-order valence-electron chi connectivity index (χ2n) is 5.69. The summed E-state index contributed by atoms with van der Waals surface area (Å²) in [6.07, 6.45) is 4.37. The Bertz CT molecular complexity index is 827. The second kappa shape index (κ2) is 7.32. The summed E-state index contributed by atoms with van der Waals surface area (Å²) in [6, 6.07) is 12.5. The number of aromatic hydroxyl groups is 1. The van der Waals surface area contributed by atoms with Crippen molar-refractivity contribution < 1.29 is 19.1 Å². The fourth-order valence-corrected chi connectivity index (χ4v) is 2.78. The number of rotatable bonds is 5. The van der Waals surface area contributed by atoms with E-state index < -0.39 is 11.9 Å². The van der Waals surface area contributed by atoms with Crippen molar-refractivity contribution in [3.05, 3.63) is 83.2 Å². The van der Waals surface area contributed by atoms with Gasteiger partial charge in [0.25, 0.3) is 0 Å². The van der Waals surface area contributed by atoms with E-state index in [0.717, 1.165) is 5.56 Å². The summed E-state index contributed by atoms with van der Waals surface area (Å²) in [5.74, 6) is -0.0348. The zero-order chi connectivity index (χ0) is 17.8. The summed E-state index contributed by atoms with van der Waals surface area (Å²) >= 11 is 0. The molecule has 1 aliphatic heterocycles. The summed E-state index contributed by atoms with van der Waals surface area (Å²) in [5.41, 5.74) is 1.53. The van der Waals surface area contributed by atoms with Crippen molar-refractivity contribution in [2.45, 2.75) is 19.5 Å². The number of phenols is 1. The minimum atomic E-state index is -0.442. The number of hydroxylamine groups is 2. The van der Waals surface area contributed by atoms with Crippen LogP contribution in [-0.4, -0.2) is 22.5 Å². The summed E-state index contributed by atoms with van der Waals surface area (Å²) < 4.78 is 14.2. The van der Waals surface area contributed by atoms with Crippen LogP contribution in [0.25, 0.3) is 5.76 Å². The number of allylic oxidation sites excluding steroid dienone is 1. The summed E-state index contributed by atoms with van der Waals surface area (Å²) in [6.45, 7) is 2.23.